The molecule has 0 radical (unpaired) electrons. The van der Waals surface area contributed by atoms with Gasteiger partial charge in [0.25, 0.3) is 0 Å². The lowest BCUT2D eigenvalue weighted by molar-refractivity contribution is -0.141. The Bertz CT molecular complexity index is 514. The number of aryl methyl sites for hydroxylation is 1. The zero-order chi connectivity index (χ0) is 16.1. The number of carbonyl (C=O) groups is 1. The number of ether oxygens (including phenoxy) is 2. The van der Waals surface area contributed by atoms with E-state index in [9.17, 15) is 4.79 Å². The van der Waals surface area contributed by atoms with E-state index in [-0.39, 0.29) is 17.9 Å². The average molecular weight is 319 g/mol. The summed E-state index contributed by atoms with van der Waals surface area (Å²) in [5.74, 6) is 0.367. The molecule has 126 valence electrons. The first-order chi connectivity index (χ1) is 11.3. The Balaban J connectivity index is 1.55. The summed E-state index contributed by atoms with van der Waals surface area (Å²) in [6.07, 6.45) is 8.08. The van der Waals surface area contributed by atoms with Crippen LogP contribution in [0, 0.1) is 5.92 Å². The average Bonchev–Trinajstić information content (AvgIpc) is 2.63. The van der Waals surface area contributed by atoms with E-state index in [2.05, 4.69) is 16.9 Å². The fourth-order valence-electron chi connectivity index (χ4n) is 3.17. The van der Waals surface area contributed by atoms with E-state index in [0.717, 1.165) is 44.2 Å². The molecule has 0 aromatic carbocycles. The first kappa shape index (κ1) is 16.2. The van der Waals surface area contributed by atoms with E-state index in [1.807, 2.05) is 4.90 Å². The standard InChI is InChI=1S/C17H25N3O3/c1-2-13-10-18-17(19-11-13)23-15-4-3-7-20(12-15)16(21)14-5-8-22-9-6-14/h10-11,14-15H,2-9,12H2,1H3. The number of carbonyl (C=O) groups excluding carboxylic acids is 1. The highest BCUT2D eigenvalue weighted by Gasteiger charge is 2.31. The van der Waals surface area contributed by atoms with E-state index in [4.69, 9.17) is 9.47 Å². The van der Waals surface area contributed by atoms with Crippen molar-refractivity contribution in [2.75, 3.05) is 26.3 Å². The summed E-state index contributed by atoms with van der Waals surface area (Å²) in [5.41, 5.74) is 1.09. The van der Waals surface area contributed by atoms with Gasteiger partial charge >= 0.3 is 6.01 Å². The first-order valence-corrected chi connectivity index (χ1v) is 8.60. The van der Waals surface area contributed by atoms with Crippen LogP contribution in [0.2, 0.25) is 0 Å². The van der Waals surface area contributed by atoms with Crippen LogP contribution in [-0.2, 0) is 16.0 Å². The molecule has 2 aliphatic rings. The number of hydrogen-bond acceptors (Lipinski definition) is 5. The summed E-state index contributed by atoms with van der Waals surface area (Å²) >= 11 is 0. The van der Waals surface area contributed by atoms with Crippen molar-refractivity contribution in [3.63, 3.8) is 0 Å². The van der Waals surface area contributed by atoms with E-state index in [1.165, 1.54) is 0 Å². The minimum Gasteiger partial charge on any atom is -0.458 e. The van der Waals surface area contributed by atoms with Crippen LogP contribution >= 0.6 is 0 Å². The molecule has 0 N–H and O–H groups in total. The summed E-state index contributed by atoms with van der Waals surface area (Å²) in [6.45, 7) is 4.92. The maximum absolute atomic E-state index is 12.6. The molecule has 0 bridgehead atoms. The number of aromatic nitrogens is 2. The molecular formula is C17H25N3O3. The molecule has 1 aromatic heterocycles. The molecule has 0 saturated carbocycles. The molecular weight excluding hydrogens is 294 g/mol. The molecule has 2 aliphatic heterocycles. The lowest BCUT2D eigenvalue weighted by Crippen LogP contribution is -2.47. The van der Waals surface area contributed by atoms with Crippen LogP contribution in [0.1, 0.15) is 38.2 Å². The van der Waals surface area contributed by atoms with Crippen molar-refractivity contribution in [2.24, 2.45) is 5.92 Å². The van der Waals surface area contributed by atoms with E-state index in [1.54, 1.807) is 12.4 Å². The van der Waals surface area contributed by atoms with Crippen molar-refractivity contribution in [2.45, 2.75) is 45.1 Å². The van der Waals surface area contributed by atoms with Gasteiger partial charge in [0.05, 0.1) is 6.54 Å². The molecule has 2 saturated heterocycles. The quantitative estimate of drug-likeness (QED) is 0.847. The van der Waals surface area contributed by atoms with Crippen molar-refractivity contribution in [3.05, 3.63) is 18.0 Å². The molecule has 3 rings (SSSR count). The predicted octanol–water partition coefficient (Wildman–Crippen LogP) is 1.84. The Kier molecular flexibility index (Phi) is 5.43. The van der Waals surface area contributed by atoms with Crippen LogP contribution in [0.3, 0.4) is 0 Å². The summed E-state index contributed by atoms with van der Waals surface area (Å²) in [5, 5.41) is 0. The second kappa shape index (κ2) is 7.73. The molecule has 1 aromatic rings. The molecule has 3 heterocycles. The minimum atomic E-state index is -0.0139. The third-order valence-corrected chi connectivity index (χ3v) is 4.62. The van der Waals surface area contributed by atoms with Crippen molar-refractivity contribution < 1.29 is 14.3 Å². The van der Waals surface area contributed by atoms with E-state index < -0.39 is 0 Å². The number of likely N-dealkylation sites (tertiary alicyclic amines) is 1. The maximum atomic E-state index is 12.6. The van der Waals surface area contributed by atoms with E-state index >= 15 is 0 Å². The molecule has 0 spiro atoms. The van der Waals surface area contributed by atoms with Crippen molar-refractivity contribution in [3.8, 4) is 6.01 Å². The zero-order valence-corrected chi connectivity index (χ0v) is 13.7. The van der Waals surface area contributed by atoms with Gasteiger partial charge in [-0.15, -0.1) is 0 Å². The lowest BCUT2D eigenvalue weighted by Gasteiger charge is -2.35. The van der Waals surface area contributed by atoms with Gasteiger partial charge in [-0.3, -0.25) is 4.79 Å². The normalized spacial score (nSPS) is 22.8. The van der Waals surface area contributed by atoms with Crippen molar-refractivity contribution in [1.29, 1.82) is 0 Å². The Morgan fingerprint density at radius 1 is 1.30 bits per heavy atom. The third kappa shape index (κ3) is 4.19. The fraction of sp³-hybridized carbons (Fsp3) is 0.706. The van der Waals surface area contributed by atoms with Crippen LogP contribution in [-0.4, -0.2) is 53.2 Å². The monoisotopic (exact) mass is 319 g/mol. The minimum absolute atomic E-state index is 0.0139. The number of rotatable bonds is 4. The number of nitrogens with zero attached hydrogens (tertiary/aromatic N) is 3. The number of hydrogen-bond donors (Lipinski definition) is 0. The maximum Gasteiger partial charge on any atom is 0.316 e. The highest BCUT2D eigenvalue weighted by Crippen LogP contribution is 2.22. The van der Waals surface area contributed by atoms with Gasteiger partial charge in [0.15, 0.2) is 0 Å². The van der Waals surface area contributed by atoms with Gasteiger partial charge in [0.2, 0.25) is 5.91 Å². The smallest absolute Gasteiger partial charge is 0.316 e. The van der Waals surface area contributed by atoms with Gasteiger partial charge < -0.3 is 14.4 Å². The lowest BCUT2D eigenvalue weighted by atomic mass is 9.97. The number of piperidine rings is 1. The van der Waals surface area contributed by atoms with Crippen LogP contribution in [0.4, 0.5) is 0 Å². The van der Waals surface area contributed by atoms with Gasteiger partial charge in [-0.2, -0.15) is 0 Å². The molecule has 2 fully saturated rings. The van der Waals surface area contributed by atoms with Crippen LogP contribution < -0.4 is 4.74 Å². The predicted molar refractivity (Wildman–Crippen MR) is 85.2 cm³/mol. The third-order valence-electron chi connectivity index (χ3n) is 4.62. The fourth-order valence-corrected chi connectivity index (χ4v) is 3.17. The molecule has 6 heteroatoms. The Morgan fingerprint density at radius 3 is 2.74 bits per heavy atom. The Labute approximate surface area is 137 Å². The summed E-state index contributed by atoms with van der Waals surface area (Å²) in [4.78, 5) is 23.1. The summed E-state index contributed by atoms with van der Waals surface area (Å²) in [7, 11) is 0. The van der Waals surface area contributed by atoms with E-state index in [0.29, 0.717) is 25.8 Å². The summed E-state index contributed by atoms with van der Waals surface area (Å²) < 4.78 is 11.2. The van der Waals surface area contributed by atoms with Gasteiger partial charge in [0, 0.05) is 38.1 Å². The van der Waals surface area contributed by atoms with Crippen LogP contribution in [0.15, 0.2) is 12.4 Å². The summed E-state index contributed by atoms with van der Waals surface area (Å²) in [6, 6.07) is 0.410. The molecule has 1 amide bonds. The number of amides is 1. The molecule has 23 heavy (non-hydrogen) atoms. The second-order valence-corrected chi connectivity index (χ2v) is 6.28. The second-order valence-electron chi connectivity index (χ2n) is 6.28. The highest BCUT2D eigenvalue weighted by atomic mass is 16.5. The molecule has 0 aliphatic carbocycles. The van der Waals surface area contributed by atoms with Crippen molar-refractivity contribution >= 4 is 5.91 Å². The topological polar surface area (TPSA) is 64.5 Å². The first-order valence-electron chi connectivity index (χ1n) is 8.60. The Hall–Kier alpha value is -1.69. The van der Waals surface area contributed by atoms with Gasteiger partial charge in [-0.05, 0) is 37.7 Å². The van der Waals surface area contributed by atoms with Crippen molar-refractivity contribution in [1.82, 2.24) is 14.9 Å². The van der Waals surface area contributed by atoms with Gasteiger partial charge in [0.1, 0.15) is 6.10 Å². The Morgan fingerprint density at radius 2 is 2.04 bits per heavy atom. The van der Waals surface area contributed by atoms with Crippen LogP contribution in [0.25, 0.3) is 0 Å². The van der Waals surface area contributed by atoms with Gasteiger partial charge in [-0.1, -0.05) is 6.92 Å². The highest BCUT2D eigenvalue weighted by molar-refractivity contribution is 5.79. The molecule has 1 atom stereocenters. The largest absolute Gasteiger partial charge is 0.458 e. The SMILES string of the molecule is CCc1cnc(OC2CCCN(C(=O)C3CCOCC3)C2)nc1. The van der Waals surface area contributed by atoms with Gasteiger partial charge in [-0.25, -0.2) is 9.97 Å². The van der Waals surface area contributed by atoms with Crippen LogP contribution in [0.5, 0.6) is 6.01 Å². The molecule has 1 unspecified atom stereocenters. The molecule has 6 nitrogen and oxygen atoms in total. The zero-order valence-electron chi connectivity index (χ0n) is 13.7.